The Morgan fingerprint density at radius 3 is 2.47 bits per heavy atom. The third-order valence-corrected chi connectivity index (χ3v) is 3.71. The summed E-state index contributed by atoms with van der Waals surface area (Å²) < 4.78 is 12.8. The Morgan fingerprint density at radius 2 is 1.84 bits per heavy atom. The maximum Gasteiger partial charge on any atom is 0.123 e. The van der Waals surface area contributed by atoms with Gasteiger partial charge in [-0.25, -0.2) is 4.39 Å². The Hall–Kier alpha value is -1.01. The van der Waals surface area contributed by atoms with Crippen molar-refractivity contribution in [1.82, 2.24) is 4.90 Å². The summed E-state index contributed by atoms with van der Waals surface area (Å²) in [4.78, 5) is 1.97. The number of hydrogen-bond acceptors (Lipinski definition) is 4. The zero-order valence-electron chi connectivity index (χ0n) is 10.7. The summed E-state index contributed by atoms with van der Waals surface area (Å²) in [6.45, 7) is 0.988. The molecule has 0 bridgehead atoms. The number of rotatable bonds is 4. The predicted octanol–water partition coefficient (Wildman–Crippen LogP) is 0.157. The van der Waals surface area contributed by atoms with E-state index in [4.69, 9.17) is 0 Å². The second-order valence-corrected chi connectivity index (χ2v) is 5.08. The van der Waals surface area contributed by atoms with Crippen LogP contribution in [-0.4, -0.2) is 58.2 Å². The predicted molar refractivity (Wildman–Crippen MR) is 69.2 cm³/mol. The Labute approximate surface area is 112 Å². The van der Waals surface area contributed by atoms with E-state index in [1.807, 2.05) is 4.90 Å². The van der Waals surface area contributed by atoms with E-state index in [9.17, 15) is 19.7 Å². The van der Waals surface area contributed by atoms with Crippen LogP contribution in [0.25, 0.3) is 0 Å². The van der Waals surface area contributed by atoms with E-state index in [1.165, 1.54) is 12.1 Å². The molecule has 3 N–H and O–H groups in total. The molecule has 5 heteroatoms. The van der Waals surface area contributed by atoms with E-state index >= 15 is 0 Å². The van der Waals surface area contributed by atoms with Crippen LogP contribution in [0.3, 0.4) is 0 Å². The van der Waals surface area contributed by atoms with Crippen molar-refractivity contribution in [2.24, 2.45) is 0 Å². The Kier molecular flexibility index (Phi) is 4.87. The third kappa shape index (κ3) is 3.73. The fraction of sp³-hybridized carbons (Fsp3) is 0.571. The highest BCUT2D eigenvalue weighted by Crippen LogP contribution is 2.18. The first kappa shape index (κ1) is 14.4. The first-order chi connectivity index (χ1) is 9.10. The molecule has 4 nitrogen and oxygen atoms in total. The zero-order valence-corrected chi connectivity index (χ0v) is 10.7. The monoisotopic (exact) mass is 269 g/mol. The van der Waals surface area contributed by atoms with Gasteiger partial charge in [-0.15, -0.1) is 0 Å². The Balaban J connectivity index is 1.91. The standard InChI is InChI=1S/C14H20FNO3/c15-11-3-1-10(2-4-11)5-6-16-8-14(19)13(18)7-12(16)9-17/h1-4,12-14,17-19H,5-9H2/t12-,13?,14+/m1/s1. The van der Waals surface area contributed by atoms with Crippen LogP contribution in [0.2, 0.25) is 0 Å². The summed E-state index contributed by atoms with van der Waals surface area (Å²) >= 11 is 0. The normalized spacial score (nSPS) is 28.5. The molecule has 0 aliphatic carbocycles. The average molecular weight is 269 g/mol. The molecule has 2 rings (SSSR count). The quantitative estimate of drug-likeness (QED) is 0.728. The Bertz CT molecular complexity index is 398. The summed E-state index contributed by atoms with van der Waals surface area (Å²) in [5.41, 5.74) is 1.01. The number of nitrogens with zero attached hydrogens (tertiary/aromatic N) is 1. The van der Waals surface area contributed by atoms with Gasteiger partial charge in [0.05, 0.1) is 18.8 Å². The highest BCUT2D eigenvalue weighted by molar-refractivity contribution is 5.16. The minimum Gasteiger partial charge on any atom is -0.395 e. The lowest BCUT2D eigenvalue weighted by Crippen LogP contribution is -2.54. The molecule has 1 heterocycles. The summed E-state index contributed by atoms with van der Waals surface area (Å²) in [5, 5.41) is 28.6. The molecule has 1 aromatic carbocycles. The van der Waals surface area contributed by atoms with Gasteiger partial charge >= 0.3 is 0 Å². The molecule has 19 heavy (non-hydrogen) atoms. The fourth-order valence-corrected chi connectivity index (χ4v) is 2.48. The van der Waals surface area contributed by atoms with E-state index in [-0.39, 0.29) is 18.5 Å². The van der Waals surface area contributed by atoms with Crippen molar-refractivity contribution in [3.05, 3.63) is 35.6 Å². The van der Waals surface area contributed by atoms with Crippen LogP contribution in [0.5, 0.6) is 0 Å². The number of aliphatic hydroxyl groups excluding tert-OH is 3. The van der Waals surface area contributed by atoms with Gasteiger partial charge in [0, 0.05) is 19.1 Å². The average Bonchev–Trinajstić information content (AvgIpc) is 2.41. The topological polar surface area (TPSA) is 63.9 Å². The van der Waals surface area contributed by atoms with Crippen molar-refractivity contribution in [1.29, 1.82) is 0 Å². The minimum absolute atomic E-state index is 0.0345. The molecular weight excluding hydrogens is 249 g/mol. The minimum atomic E-state index is -0.768. The van der Waals surface area contributed by atoms with Crippen LogP contribution in [0.15, 0.2) is 24.3 Å². The van der Waals surface area contributed by atoms with Crippen LogP contribution < -0.4 is 0 Å². The third-order valence-electron chi connectivity index (χ3n) is 3.71. The van der Waals surface area contributed by atoms with E-state index in [0.29, 0.717) is 19.5 Å². The van der Waals surface area contributed by atoms with Crippen molar-refractivity contribution >= 4 is 0 Å². The smallest absolute Gasteiger partial charge is 0.123 e. The lowest BCUT2D eigenvalue weighted by molar-refractivity contribution is -0.0703. The molecule has 1 saturated heterocycles. The number of aliphatic hydroxyl groups is 3. The second kappa shape index (κ2) is 6.43. The van der Waals surface area contributed by atoms with Gasteiger partial charge in [0.2, 0.25) is 0 Å². The lowest BCUT2D eigenvalue weighted by atomic mass is 9.97. The first-order valence-electron chi connectivity index (χ1n) is 6.55. The molecule has 0 aromatic heterocycles. The number of hydrogen-bond donors (Lipinski definition) is 3. The maximum absolute atomic E-state index is 12.8. The van der Waals surface area contributed by atoms with Gasteiger partial charge in [-0.05, 0) is 30.5 Å². The summed E-state index contributed by atoms with van der Waals surface area (Å²) in [6.07, 6.45) is -0.434. The Morgan fingerprint density at radius 1 is 1.16 bits per heavy atom. The summed E-state index contributed by atoms with van der Waals surface area (Å²) in [5.74, 6) is -0.256. The van der Waals surface area contributed by atoms with E-state index in [0.717, 1.165) is 12.0 Å². The number of β-amino-alcohol motifs (C(OH)–C–C–N with tert-alkyl or cyclic N) is 1. The van der Waals surface area contributed by atoms with E-state index in [2.05, 4.69) is 0 Å². The van der Waals surface area contributed by atoms with Crippen LogP contribution in [0.4, 0.5) is 4.39 Å². The van der Waals surface area contributed by atoms with Crippen LogP contribution >= 0.6 is 0 Å². The van der Waals surface area contributed by atoms with Gasteiger partial charge in [-0.3, -0.25) is 4.90 Å². The van der Waals surface area contributed by atoms with Crippen molar-refractivity contribution < 1.29 is 19.7 Å². The van der Waals surface area contributed by atoms with Crippen molar-refractivity contribution in [2.45, 2.75) is 31.1 Å². The van der Waals surface area contributed by atoms with Gasteiger partial charge in [0.25, 0.3) is 0 Å². The lowest BCUT2D eigenvalue weighted by Gasteiger charge is -2.39. The molecule has 106 valence electrons. The van der Waals surface area contributed by atoms with Gasteiger partial charge in [0.1, 0.15) is 5.82 Å². The summed E-state index contributed by atoms with van der Waals surface area (Å²) in [7, 11) is 0. The van der Waals surface area contributed by atoms with Gasteiger partial charge in [0.15, 0.2) is 0 Å². The summed E-state index contributed by atoms with van der Waals surface area (Å²) in [6, 6.07) is 6.19. The van der Waals surface area contributed by atoms with E-state index in [1.54, 1.807) is 12.1 Å². The number of halogens is 1. The molecule has 3 atom stereocenters. The second-order valence-electron chi connectivity index (χ2n) is 5.08. The molecule has 0 amide bonds. The molecule has 0 saturated carbocycles. The number of benzene rings is 1. The first-order valence-corrected chi connectivity index (χ1v) is 6.55. The molecular formula is C14H20FNO3. The largest absolute Gasteiger partial charge is 0.395 e. The molecule has 1 aromatic rings. The van der Waals surface area contributed by atoms with Crippen molar-refractivity contribution in [3.63, 3.8) is 0 Å². The highest BCUT2D eigenvalue weighted by Gasteiger charge is 2.32. The van der Waals surface area contributed by atoms with Crippen LogP contribution in [0.1, 0.15) is 12.0 Å². The number of likely N-dealkylation sites (tertiary alicyclic amines) is 1. The molecule has 1 aliphatic rings. The fourth-order valence-electron chi connectivity index (χ4n) is 2.48. The molecule has 0 radical (unpaired) electrons. The highest BCUT2D eigenvalue weighted by atomic mass is 19.1. The van der Waals surface area contributed by atoms with Gasteiger partial charge in [-0.1, -0.05) is 12.1 Å². The zero-order chi connectivity index (χ0) is 13.8. The van der Waals surface area contributed by atoms with Gasteiger partial charge < -0.3 is 15.3 Å². The van der Waals surface area contributed by atoms with Crippen molar-refractivity contribution in [3.8, 4) is 0 Å². The van der Waals surface area contributed by atoms with Gasteiger partial charge in [-0.2, -0.15) is 0 Å². The maximum atomic E-state index is 12.8. The number of piperidine rings is 1. The van der Waals surface area contributed by atoms with Crippen LogP contribution in [0, 0.1) is 5.82 Å². The SMILES string of the molecule is OC[C@H]1CC(O)[C@@H](O)CN1CCc1ccc(F)cc1. The molecule has 1 aliphatic heterocycles. The van der Waals surface area contributed by atoms with Crippen molar-refractivity contribution in [2.75, 3.05) is 19.7 Å². The molecule has 1 fully saturated rings. The molecule has 0 spiro atoms. The van der Waals surface area contributed by atoms with Crippen LogP contribution in [-0.2, 0) is 6.42 Å². The molecule has 1 unspecified atom stereocenters. The van der Waals surface area contributed by atoms with E-state index < -0.39 is 12.2 Å².